The zero-order chi connectivity index (χ0) is 15.4. The van der Waals surface area contributed by atoms with E-state index in [1.807, 2.05) is 36.4 Å². The summed E-state index contributed by atoms with van der Waals surface area (Å²) in [5.41, 5.74) is 0.279. The van der Waals surface area contributed by atoms with E-state index in [1.165, 1.54) is 0 Å². The summed E-state index contributed by atoms with van der Waals surface area (Å²) in [6, 6.07) is 18.0. The van der Waals surface area contributed by atoms with Gasteiger partial charge in [0.1, 0.15) is 5.54 Å². The van der Waals surface area contributed by atoms with Crippen LogP contribution in [0.25, 0.3) is 0 Å². The molecule has 1 heterocycles. The Hall–Kier alpha value is -2.46. The van der Waals surface area contributed by atoms with E-state index in [9.17, 15) is 9.59 Å². The Morgan fingerprint density at radius 3 is 2.18 bits per heavy atom. The van der Waals surface area contributed by atoms with Crippen LogP contribution in [-0.2, 0) is 15.1 Å². The van der Waals surface area contributed by atoms with E-state index in [0.29, 0.717) is 12.0 Å². The maximum atomic E-state index is 12.6. The fourth-order valence-corrected chi connectivity index (χ4v) is 2.81. The van der Waals surface area contributed by atoms with Crippen LogP contribution in [0.15, 0.2) is 60.7 Å². The summed E-state index contributed by atoms with van der Waals surface area (Å²) in [6.45, 7) is 0.726. The van der Waals surface area contributed by atoms with Gasteiger partial charge in [-0.25, -0.2) is 9.59 Å². The molecule has 3 rings (SSSR count). The molecule has 4 heteroatoms. The first-order valence-corrected chi connectivity index (χ1v) is 7.34. The van der Waals surface area contributed by atoms with Crippen molar-refractivity contribution in [2.24, 2.45) is 0 Å². The second-order valence-corrected chi connectivity index (χ2v) is 5.34. The molecular weight excluding hydrogens is 278 g/mol. The second kappa shape index (κ2) is 6.12. The average molecular weight is 295 g/mol. The summed E-state index contributed by atoms with van der Waals surface area (Å²) in [6.07, 6.45) is 1.49. The third-order valence-electron chi connectivity index (χ3n) is 3.97. The molecule has 1 fully saturated rings. The zero-order valence-electron chi connectivity index (χ0n) is 12.1. The van der Waals surface area contributed by atoms with Gasteiger partial charge >= 0.3 is 11.9 Å². The molecule has 22 heavy (non-hydrogen) atoms. The molecule has 1 aliphatic rings. The Morgan fingerprint density at radius 2 is 1.59 bits per heavy atom. The van der Waals surface area contributed by atoms with E-state index in [4.69, 9.17) is 4.74 Å². The van der Waals surface area contributed by atoms with Crippen LogP contribution in [-0.4, -0.2) is 18.5 Å². The van der Waals surface area contributed by atoms with E-state index in [-0.39, 0.29) is 0 Å². The quantitative estimate of drug-likeness (QED) is 0.698. The van der Waals surface area contributed by atoms with Crippen molar-refractivity contribution in [2.75, 3.05) is 6.54 Å². The molecule has 0 spiro atoms. The number of hydrogen-bond donors (Lipinski definition) is 1. The van der Waals surface area contributed by atoms with Crippen molar-refractivity contribution < 1.29 is 14.3 Å². The predicted molar refractivity (Wildman–Crippen MR) is 82.2 cm³/mol. The van der Waals surface area contributed by atoms with E-state index in [0.717, 1.165) is 18.5 Å². The summed E-state index contributed by atoms with van der Waals surface area (Å²) in [7, 11) is 0. The lowest BCUT2D eigenvalue weighted by Gasteiger charge is -2.27. The molecule has 1 saturated heterocycles. The largest absolute Gasteiger partial charge is 0.388 e. The molecule has 4 nitrogen and oxygen atoms in total. The molecule has 112 valence electrons. The van der Waals surface area contributed by atoms with Gasteiger partial charge in [-0.1, -0.05) is 48.5 Å². The van der Waals surface area contributed by atoms with Gasteiger partial charge in [0.15, 0.2) is 0 Å². The predicted octanol–water partition coefficient (Wildman–Crippen LogP) is 2.65. The first kappa shape index (κ1) is 14.5. The Balaban J connectivity index is 1.84. The number of hydrogen-bond acceptors (Lipinski definition) is 4. The van der Waals surface area contributed by atoms with Crippen molar-refractivity contribution in [3.8, 4) is 0 Å². The highest BCUT2D eigenvalue weighted by molar-refractivity contribution is 5.99. The molecule has 0 radical (unpaired) electrons. The smallest absolute Gasteiger partial charge is 0.345 e. The van der Waals surface area contributed by atoms with Crippen LogP contribution in [0.4, 0.5) is 0 Å². The molecule has 1 atom stereocenters. The van der Waals surface area contributed by atoms with Crippen molar-refractivity contribution in [3.05, 3.63) is 71.8 Å². The third-order valence-corrected chi connectivity index (χ3v) is 3.97. The molecule has 0 aliphatic carbocycles. The molecule has 0 amide bonds. The molecule has 0 saturated carbocycles. The van der Waals surface area contributed by atoms with Crippen molar-refractivity contribution in [2.45, 2.75) is 18.4 Å². The fraction of sp³-hybridized carbons (Fsp3) is 0.222. The molecule has 1 N–H and O–H groups in total. The number of esters is 2. The van der Waals surface area contributed by atoms with Gasteiger partial charge in [0.05, 0.1) is 5.56 Å². The number of nitrogens with one attached hydrogen (secondary N) is 1. The van der Waals surface area contributed by atoms with Gasteiger partial charge in [0.2, 0.25) is 0 Å². The molecule has 0 bridgehead atoms. The summed E-state index contributed by atoms with van der Waals surface area (Å²) in [5, 5.41) is 3.22. The lowest BCUT2D eigenvalue weighted by atomic mass is 9.88. The average Bonchev–Trinajstić information content (AvgIpc) is 3.07. The van der Waals surface area contributed by atoms with Gasteiger partial charge in [-0.15, -0.1) is 0 Å². The maximum absolute atomic E-state index is 12.6. The maximum Gasteiger partial charge on any atom is 0.345 e. The van der Waals surface area contributed by atoms with Crippen LogP contribution in [0.1, 0.15) is 28.8 Å². The lowest BCUT2D eigenvalue weighted by Crippen LogP contribution is -2.46. The zero-order valence-corrected chi connectivity index (χ0v) is 12.1. The van der Waals surface area contributed by atoms with Crippen LogP contribution < -0.4 is 5.32 Å². The van der Waals surface area contributed by atoms with E-state index in [2.05, 4.69) is 5.32 Å². The Kier molecular flexibility index (Phi) is 4.02. The van der Waals surface area contributed by atoms with E-state index >= 15 is 0 Å². The van der Waals surface area contributed by atoms with E-state index < -0.39 is 17.5 Å². The number of benzene rings is 2. The summed E-state index contributed by atoms with van der Waals surface area (Å²) in [5.74, 6) is -1.15. The topological polar surface area (TPSA) is 55.4 Å². The van der Waals surface area contributed by atoms with Crippen molar-refractivity contribution >= 4 is 11.9 Å². The van der Waals surface area contributed by atoms with E-state index in [1.54, 1.807) is 24.3 Å². The van der Waals surface area contributed by atoms with Crippen molar-refractivity contribution in [1.29, 1.82) is 0 Å². The molecule has 2 aromatic rings. The van der Waals surface area contributed by atoms with Gasteiger partial charge in [-0.3, -0.25) is 5.32 Å². The normalized spacial score (nSPS) is 20.5. The van der Waals surface area contributed by atoms with Crippen molar-refractivity contribution in [3.63, 3.8) is 0 Å². The molecule has 0 aromatic heterocycles. The fourth-order valence-electron chi connectivity index (χ4n) is 2.81. The summed E-state index contributed by atoms with van der Waals surface area (Å²) < 4.78 is 5.14. The molecule has 1 aliphatic heterocycles. The van der Waals surface area contributed by atoms with Crippen LogP contribution in [0.2, 0.25) is 0 Å². The first-order valence-electron chi connectivity index (χ1n) is 7.34. The van der Waals surface area contributed by atoms with Gasteiger partial charge in [0, 0.05) is 0 Å². The lowest BCUT2D eigenvalue weighted by molar-refractivity contribution is -0.145. The van der Waals surface area contributed by atoms with Gasteiger partial charge in [0.25, 0.3) is 0 Å². The second-order valence-electron chi connectivity index (χ2n) is 5.34. The highest BCUT2D eigenvalue weighted by Gasteiger charge is 2.45. The number of carbonyl (C=O) groups excluding carboxylic acids is 2. The van der Waals surface area contributed by atoms with Crippen LogP contribution in [0.5, 0.6) is 0 Å². The highest BCUT2D eigenvalue weighted by Crippen LogP contribution is 2.32. The minimum absolute atomic E-state index is 0.372. The number of rotatable bonds is 3. The SMILES string of the molecule is O=C(OC(=O)[C@]1(c2ccccc2)CCCN1)c1ccccc1. The Bertz CT molecular complexity index is 661. The van der Waals surface area contributed by atoms with Gasteiger partial charge < -0.3 is 4.74 Å². The number of ether oxygens (including phenoxy) is 1. The first-order chi connectivity index (χ1) is 10.7. The van der Waals surface area contributed by atoms with Gasteiger partial charge in [-0.05, 0) is 37.1 Å². The number of carbonyl (C=O) groups is 2. The molecule has 0 unspecified atom stereocenters. The summed E-state index contributed by atoms with van der Waals surface area (Å²) >= 11 is 0. The van der Waals surface area contributed by atoms with Crippen molar-refractivity contribution in [1.82, 2.24) is 5.32 Å². The molecular formula is C18H17NO3. The van der Waals surface area contributed by atoms with Crippen LogP contribution in [0, 0.1) is 0 Å². The third kappa shape index (κ3) is 2.65. The Labute approximate surface area is 129 Å². The standard InChI is InChI=1S/C18H17NO3/c20-16(14-8-3-1-4-9-14)22-17(21)18(12-7-13-19-18)15-10-5-2-6-11-15/h1-6,8-11,19H,7,12-13H2/t18-/m1/s1. The monoisotopic (exact) mass is 295 g/mol. The minimum atomic E-state index is -0.925. The van der Waals surface area contributed by atoms with Crippen LogP contribution in [0.3, 0.4) is 0 Å². The minimum Gasteiger partial charge on any atom is -0.388 e. The summed E-state index contributed by atoms with van der Waals surface area (Å²) in [4.78, 5) is 24.8. The van der Waals surface area contributed by atoms with Gasteiger partial charge in [-0.2, -0.15) is 0 Å². The Morgan fingerprint density at radius 1 is 0.955 bits per heavy atom. The van der Waals surface area contributed by atoms with Crippen LogP contribution >= 0.6 is 0 Å². The molecule has 2 aromatic carbocycles. The highest BCUT2D eigenvalue weighted by atomic mass is 16.6.